The van der Waals surface area contributed by atoms with Gasteiger partial charge in [0.1, 0.15) is 0 Å². The van der Waals surface area contributed by atoms with E-state index in [0.717, 1.165) is 11.1 Å². The van der Waals surface area contributed by atoms with Crippen LogP contribution in [0, 0.1) is 0 Å². The van der Waals surface area contributed by atoms with Gasteiger partial charge in [-0.05, 0) is 42.7 Å². The normalized spacial score (nSPS) is 10.8. The van der Waals surface area contributed by atoms with E-state index in [2.05, 4.69) is 10.2 Å². The Balaban J connectivity index is 2.12. The third-order valence-electron chi connectivity index (χ3n) is 3.99. The number of hydrogen-bond acceptors (Lipinski definition) is 4. The van der Waals surface area contributed by atoms with Gasteiger partial charge in [-0.25, -0.2) is 4.79 Å². The highest BCUT2D eigenvalue weighted by atomic mass is 35.5. The summed E-state index contributed by atoms with van der Waals surface area (Å²) in [6.07, 6.45) is 0.256. The SMILES string of the molecule is CCNn1cc(OC(=O)O)c(=O)c2cc(Cc3cccc(Cl)c3Cl)ccc21. The molecule has 1 heterocycles. The largest absolute Gasteiger partial charge is 0.511 e. The van der Waals surface area contributed by atoms with Crippen LogP contribution in [0.1, 0.15) is 18.1 Å². The summed E-state index contributed by atoms with van der Waals surface area (Å²) < 4.78 is 6.21. The second-order valence-corrected chi connectivity index (χ2v) is 6.60. The van der Waals surface area contributed by atoms with Crippen LogP contribution >= 0.6 is 23.2 Å². The van der Waals surface area contributed by atoms with Crippen molar-refractivity contribution in [2.45, 2.75) is 13.3 Å². The van der Waals surface area contributed by atoms with E-state index >= 15 is 0 Å². The first-order chi connectivity index (χ1) is 12.9. The lowest BCUT2D eigenvalue weighted by Gasteiger charge is -2.14. The van der Waals surface area contributed by atoms with Gasteiger partial charge in [-0.2, -0.15) is 0 Å². The van der Waals surface area contributed by atoms with Gasteiger partial charge < -0.3 is 15.3 Å². The van der Waals surface area contributed by atoms with Crippen LogP contribution in [0.15, 0.2) is 47.4 Å². The Morgan fingerprint density at radius 3 is 2.74 bits per heavy atom. The van der Waals surface area contributed by atoms with Crippen molar-refractivity contribution in [1.82, 2.24) is 4.68 Å². The number of carboxylic acid groups (broad SMARTS) is 1. The summed E-state index contributed by atoms with van der Waals surface area (Å²) in [7, 11) is 0. The first-order valence-corrected chi connectivity index (χ1v) is 8.92. The highest BCUT2D eigenvalue weighted by Crippen LogP contribution is 2.28. The van der Waals surface area contributed by atoms with E-state index in [1.807, 2.05) is 25.1 Å². The number of halogens is 2. The molecule has 0 atom stereocenters. The number of nitrogens with one attached hydrogen (secondary N) is 1. The van der Waals surface area contributed by atoms with E-state index in [4.69, 9.17) is 28.3 Å². The maximum atomic E-state index is 12.7. The Morgan fingerprint density at radius 1 is 1.26 bits per heavy atom. The molecule has 3 aromatic rings. The molecule has 0 aliphatic carbocycles. The van der Waals surface area contributed by atoms with Crippen LogP contribution < -0.4 is 15.6 Å². The fraction of sp³-hybridized carbons (Fsp3) is 0.158. The van der Waals surface area contributed by atoms with Gasteiger partial charge in [0.15, 0.2) is 0 Å². The number of fused-ring (bicyclic) bond motifs is 1. The lowest BCUT2D eigenvalue weighted by molar-refractivity contribution is 0.144. The molecule has 0 saturated heterocycles. The average molecular weight is 407 g/mol. The molecule has 6 nitrogen and oxygen atoms in total. The number of carbonyl (C=O) groups is 1. The number of nitrogens with zero attached hydrogens (tertiary/aromatic N) is 1. The molecule has 0 aliphatic heterocycles. The first kappa shape index (κ1) is 19.1. The summed E-state index contributed by atoms with van der Waals surface area (Å²) in [5, 5.41) is 10.1. The van der Waals surface area contributed by atoms with E-state index in [0.29, 0.717) is 33.9 Å². The van der Waals surface area contributed by atoms with Crippen LogP contribution in [-0.2, 0) is 6.42 Å². The lowest BCUT2D eigenvalue weighted by Crippen LogP contribution is -2.21. The molecular weight excluding hydrogens is 391 g/mol. The fourth-order valence-electron chi connectivity index (χ4n) is 2.84. The fourth-order valence-corrected chi connectivity index (χ4v) is 3.22. The Bertz CT molecular complexity index is 1080. The number of rotatable bonds is 5. The van der Waals surface area contributed by atoms with E-state index in [-0.39, 0.29) is 5.75 Å². The van der Waals surface area contributed by atoms with Crippen molar-refractivity contribution in [2.75, 3.05) is 12.0 Å². The highest BCUT2D eigenvalue weighted by molar-refractivity contribution is 6.42. The number of pyridine rings is 1. The van der Waals surface area contributed by atoms with Crippen LogP contribution in [0.5, 0.6) is 5.75 Å². The quantitative estimate of drug-likeness (QED) is 0.608. The van der Waals surface area contributed by atoms with E-state index in [1.54, 1.807) is 22.9 Å². The highest BCUT2D eigenvalue weighted by Gasteiger charge is 2.14. The van der Waals surface area contributed by atoms with E-state index in [1.165, 1.54) is 6.20 Å². The average Bonchev–Trinajstić information content (AvgIpc) is 2.63. The molecule has 2 N–H and O–H groups in total. The maximum absolute atomic E-state index is 12.7. The molecule has 0 saturated carbocycles. The van der Waals surface area contributed by atoms with E-state index < -0.39 is 11.6 Å². The van der Waals surface area contributed by atoms with Crippen LogP contribution in [0.25, 0.3) is 10.9 Å². The van der Waals surface area contributed by atoms with Gasteiger partial charge in [0, 0.05) is 6.54 Å². The van der Waals surface area contributed by atoms with Gasteiger partial charge in [0.05, 0.1) is 27.1 Å². The van der Waals surface area contributed by atoms with Crippen molar-refractivity contribution in [3.8, 4) is 5.75 Å². The minimum atomic E-state index is -1.55. The van der Waals surface area contributed by atoms with Gasteiger partial charge in [-0.1, -0.05) is 41.4 Å². The minimum Gasteiger partial charge on any atom is -0.449 e. The topological polar surface area (TPSA) is 80.6 Å². The summed E-state index contributed by atoms with van der Waals surface area (Å²) in [4.78, 5) is 23.6. The van der Waals surface area contributed by atoms with Crippen LogP contribution in [-0.4, -0.2) is 22.5 Å². The monoisotopic (exact) mass is 406 g/mol. The molecule has 27 heavy (non-hydrogen) atoms. The maximum Gasteiger partial charge on any atom is 0.511 e. The third kappa shape index (κ3) is 4.02. The van der Waals surface area contributed by atoms with Crippen molar-refractivity contribution in [1.29, 1.82) is 0 Å². The van der Waals surface area contributed by atoms with Gasteiger partial charge in [0.25, 0.3) is 0 Å². The van der Waals surface area contributed by atoms with Crippen LogP contribution in [0.4, 0.5) is 4.79 Å². The zero-order chi connectivity index (χ0) is 19.6. The van der Waals surface area contributed by atoms with Crippen molar-refractivity contribution in [3.05, 3.63) is 74.0 Å². The molecule has 0 fully saturated rings. The van der Waals surface area contributed by atoms with Gasteiger partial charge >= 0.3 is 6.16 Å². The summed E-state index contributed by atoms with van der Waals surface area (Å²) >= 11 is 12.3. The van der Waals surface area contributed by atoms with Crippen molar-refractivity contribution in [3.63, 3.8) is 0 Å². The Hall–Kier alpha value is -2.70. The van der Waals surface area contributed by atoms with Crippen LogP contribution in [0.2, 0.25) is 10.0 Å². The Labute approximate surface area is 164 Å². The van der Waals surface area contributed by atoms with Crippen LogP contribution in [0.3, 0.4) is 0 Å². The molecule has 0 spiro atoms. The molecule has 0 radical (unpaired) electrons. The first-order valence-electron chi connectivity index (χ1n) is 8.16. The molecular formula is C19H16Cl2N2O4. The summed E-state index contributed by atoms with van der Waals surface area (Å²) in [6, 6.07) is 10.7. The third-order valence-corrected chi connectivity index (χ3v) is 4.85. The molecule has 0 amide bonds. The van der Waals surface area contributed by atoms with Gasteiger partial charge in [0.2, 0.25) is 11.2 Å². The smallest absolute Gasteiger partial charge is 0.449 e. The molecule has 2 aromatic carbocycles. The molecule has 3 rings (SSSR count). The summed E-state index contributed by atoms with van der Waals surface area (Å²) in [5.41, 5.74) is 4.82. The van der Waals surface area contributed by atoms with E-state index in [9.17, 15) is 9.59 Å². The number of aromatic nitrogens is 1. The minimum absolute atomic E-state index is 0.270. The van der Waals surface area contributed by atoms with Crippen molar-refractivity contribution in [2.24, 2.45) is 0 Å². The number of ether oxygens (including phenoxy) is 1. The number of benzene rings is 2. The molecule has 0 unspecified atom stereocenters. The zero-order valence-electron chi connectivity index (χ0n) is 14.3. The summed E-state index contributed by atoms with van der Waals surface area (Å²) in [6.45, 7) is 2.46. The van der Waals surface area contributed by atoms with Gasteiger partial charge in [-0.15, -0.1) is 0 Å². The molecule has 0 bridgehead atoms. The Morgan fingerprint density at radius 2 is 2.04 bits per heavy atom. The summed E-state index contributed by atoms with van der Waals surface area (Å²) in [5.74, 6) is -0.270. The molecule has 140 valence electrons. The molecule has 0 aliphatic rings. The Kier molecular flexibility index (Phi) is 5.58. The lowest BCUT2D eigenvalue weighted by atomic mass is 10.0. The predicted molar refractivity (Wildman–Crippen MR) is 106 cm³/mol. The zero-order valence-corrected chi connectivity index (χ0v) is 15.8. The second-order valence-electron chi connectivity index (χ2n) is 5.81. The standard InChI is InChI=1S/C19H16Cl2N2O4/c1-2-22-23-10-16(27-19(25)26)18(24)13-9-11(6-7-15(13)23)8-12-4-3-5-14(20)17(12)21/h3-7,9-10,22H,2,8H2,1H3,(H,25,26). The van der Waals surface area contributed by atoms with Gasteiger partial charge in [-0.3, -0.25) is 9.47 Å². The van der Waals surface area contributed by atoms with Crippen molar-refractivity contribution >= 4 is 40.3 Å². The molecule has 8 heteroatoms. The van der Waals surface area contributed by atoms with Crippen molar-refractivity contribution < 1.29 is 14.6 Å². The predicted octanol–water partition coefficient (Wildman–Crippen LogP) is 4.52. The molecule has 1 aromatic heterocycles. The second kappa shape index (κ2) is 7.90. The number of hydrogen-bond donors (Lipinski definition) is 2.